The van der Waals surface area contributed by atoms with Crippen LogP contribution in [-0.2, 0) is 9.59 Å². The number of nitrogens with one attached hydrogen (secondary N) is 2. The fourth-order valence-corrected chi connectivity index (χ4v) is 2.05. The SMILES string of the molecule is CC1CCN(C(=O)C2CC(=O)NN2)CC1. The Morgan fingerprint density at radius 3 is 2.60 bits per heavy atom. The standard InChI is InChI=1S/C10H17N3O2/c1-7-2-4-13(5-3-7)10(15)8-6-9(14)12-11-8/h7-8,11H,2-6H2,1H3,(H,12,14). The van der Waals surface area contributed by atoms with E-state index in [9.17, 15) is 9.59 Å². The number of hydrogen-bond donors (Lipinski definition) is 2. The summed E-state index contributed by atoms with van der Waals surface area (Å²) in [6.45, 7) is 3.86. The van der Waals surface area contributed by atoms with Crippen molar-refractivity contribution in [1.82, 2.24) is 15.8 Å². The normalized spacial score (nSPS) is 27.9. The van der Waals surface area contributed by atoms with Crippen LogP contribution in [0.1, 0.15) is 26.2 Å². The summed E-state index contributed by atoms with van der Waals surface area (Å²) in [5.41, 5.74) is 5.19. The van der Waals surface area contributed by atoms with Crippen molar-refractivity contribution in [2.45, 2.75) is 32.2 Å². The molecule has 84 valence electrons. The molecule has 2 fully saturated rings. The molecule has 1 unspecified atom stereocenters. The molecule has 15 heavy (non-hydrogen) atoms. The average molecular weight is 211 g/mol. The minimum atomic E-state index is -0.356. The van der Waals surface area contributed by atoms with Gasteiger partial charge in [0.15, 0.2) is 0 Å². The Labute approximate surface area is 89.2 Å². The van der Waals surface area contributed by atoms with Crippen LogP contribution in [0.5, 0.6) is 0 Å². The van der Waals surface area contributed by atoms with Crippen molar-refractivity contribution in [3.63, 3.8) is 0 Å². The first-order valence-electron chi connectivity index (χ1n) is 5.50. The number of hydrazine groups is 1. The highest BCUT2D eigenvalue weighted by atomic mass is 16.2. The Bertz CT molecular complexity index is 272. The molecule has 2 aliphatic heterocycles. The maximum atomic E-state index is 11.9. The molecule has 1 atom stereocenters. The van der Waals surface area contributed by atoms with Crippen LogP contribution in [0, 0.1) is 5.92 Å². The van der Waals surface area contributed by atoms with Crippen LogP contribution in [0.4, 0.5) is 0 Å². The van der Waals surface area contributed by atoms with E-state index >= 15 is 0 Å². The van der Waals surface area contributed by atoms with Gasteiger partial charge in [0.2, 0.25) is 11.8 Å². The first-order valence-corrected chi connectivity index (χ1v) is 5.50. The van der Waals surface area contributed by atoms with Gasteiger partial charge in [0.1, 0.15) is 6.04 Å². The van der Waals surface area contributed by atoms with Crippen molar-refractivity contribution in [2.24, 2.45) is 5.92 Å². The number of carbonyl (C=O) groups excluding carboxylic acids is 2. The zero-order valence-corrected chi connectivity index (χ0v) is 8.95. The van der Waals surface area contributed by atoms with Crippen LogP contribution in [0.15, 0.2) is 0 Å². The van der Waals surface area contributed by atoms with Crippen molar-refractivity contribution in [3.8, 4) is 0 Å². The van der Waals surface area contributed by atoms with Crippen LogP contribution in [0.2, 0.25) is 0 Å². The second-order valence-corrected chi connectivity index (χ2v) is 4.46. The van der Waals surface area contributed by atoms with Crippen LogP contribution >= 0.6 is 0 Å². The van der Waals surface area contributed by atoms with Crippen LogP contribution in [0.3, 0.4) is 0 Å². The van der Waals surface area contributed by atoms with Gasteiger partial charge in [-0.2, -0.15) is 0 Å². The van der Waals surface area contributed by atoms with Gasteiger partial charge in [0.25, 0.3) is 0 Å². The number of carbonyl (C=O) groups is 2. The van der Waals surface area contributed by atoms with Crippen LogP contribution in [-0.4, -0.2) is 35.8 Å². The Kier molecular flexibility index (Phi) is 2.90. The number of piperidine rings is 1. The fourth-order valence-electron chi connectivity index (χ4n) is 2.05. The van der Waals surface area contributed by atoms with Crippen molar-refractivity contribution in [3.05, 3.63) is 0 Å². The summed E-state index contributed by atoms with van der Waals surface area (Å²) in [5.74, 6) is 0.671. The lowest BCUT2D eigenvalue weighted by atomic mass is 9.98. The van der Waals surface area contributed by atoms with Gasteiger partial charge in [-0.1, -0.05) is 6.92 Å². The molecule has 2 aliphatic rings. The van der Waals surface area contributed by atoms with Gasteiger partial charge >= 0.3 is 0 Å². The van der Waals surface area contributed by atoms with E-state index in [1.54, 1.807) is 0 Å². The van der Waals surface area contributed by atoms with Crippen molar-refractivity contribution < 1.29 is 9.59 Å². The molecule has 0 radical (unpaired) electrons. The molecule has 0 bridgehead atoms. The summed E-state index contributed by atoms with van der Waals surface area (Å²) in [5, 5.41) is 0. The Morgan fingerprint density at radius 1 is 1.40 bits per heavy atom. The summed E-state index contributed by atoms with van der Waals surface area (Å²) < 4.78 is 0. The van der Waals surface area contributed by atoms with E-state index in [0.717, 1.165) is 25.9 Å². The number of nitrogens with zero attached hydrogens (tertiary/aromatic N) is 1. The molecule has 2 heterocycles. The summed E-state index contributed by atoms with van der Waals surface area (Å²) in [6, 6.07) is -0.356. The summed E-state index contributed by atoms with van der Waals surface area (Å²) >= 11 is 0. The first kappa shape index (κ1) is 10.4. The minimum Gasteiger partial charge on any atom is -0.341 e. The zero-order valence-electron chi connectivity index (χ0n) is 8.95. The van der Waals surface area contributed by atoms with Gasteiger partial charge in [-0.15, -0.1) is 0 Å². The third kappa shape index (κ3) is 2.28. The Balaban J connectivity index is 1.88. The van der Waals surface area contributed by atoms with E-state index < -0.39 is 0 Å². The molecular weight excluding hydrogens is 194 g/mol. The topological polar surface area (TPSA) is 61.4 Å². The largest absolute Gasteiger partial charge is 0.341 e. The Hall–Kier alpha value is -1.10. The second kappa shape index (κ2) is 4.18. The fraction of sp³-hybridized carbons (Fsp3) is 0.800. The zero-order chi connectivity index (χ0) is 10.8. The molecule has 2 amide bonds. The summed E-state index contributed by atoms with van der Waals surface area (Å²) in [7, 11) is 0. The molecule has 0 aromatic carbocycles. The van der Waals surface area contributed by atoms with Gasteiger partial charge < -0.3 is 4.90 Å². The summed E-state index contributed by atoms with van der Waals surface area (Å²) in [4.78, 5) is 24.7. The predicted molar refractivity (Wildman–Crippen MR) is 54.7 cm³/mol. The smallest absolute Gasteiger partial charge is 0.242 e. The van der Waals surface area contributed by atoms with E-state index in [4.69, 9.17) is 0 Å². The molecule has 5 heteroatoms. The van der Waals surface area contributed by atoms with Gasteiger partial charge in [0, 0.05) is 13.1 Å². The van der Waals surface area contributed by atoms with Gasteiger partial charge in [-0.05, 0) is 18.8 Å². The molecule has 2 N–H and O–H groups in total. The Morgan fingerprint density at radius 2 is 2.07 bits per heavy atom. The minimum absolute atomic E-state index is 0.0558. The summed E-state index contributed by atoms with van der Waals surface area (Å²) in [6.07, 6.45) is 2.41. The molecule has 5 nitrogen and oxygen atoms in total. The number of hydrogen-bond acceptors (Lipinski definition) is 3. The highest BCUT2D eigenvalue weighted by Crippen LogP contribution is 2.17. The highest BCUT2D eigenvalue weighted by molar-refractivity contribution is 5.90. The monoisotopic (exact) mass is 211 g/mol. The van der Waals surface area contributed by atoms with Gasteiger partial charge in [-0.3, -0.25) is 15.0 Å². The predicted octanol–water partition coefficient (Wildman–Crippen LogP) is -0.362. The number of amides is 2. The van der Waals surface area contributed by atoms with Crippen molar-refractivity contribution in [1.29, 1.82) is 0 Å². The quantitative estimate of drug-likeness (QED) is 0.622. The third-order valence-corrected chi connectivity index (χ3v) is 3.17. The first-order chi connectivity index (χ1) is 7.16. The van der Waals surface area contributed by atoms with E-state index in [1.165, 1.54) is 0 Å². The molecule has 0 saturated carbocycles. The van der Waals surface area contributed by atoms with Crippen LogP contribution in [0.25, 0.3) is 0 Å². The molecule has 0 aliphatic carbocycles. The molecule has 0 spiro atoms. The molecule has 2 rings (SSSR count). The van der Waals surface area contributed by atoms with E-state index in [0.29, 0.717) is 5.92 Å². The highest BCUT2D eigenvalue weighted by Gasteiger charge is 2.32. The van der Waals surface area contributed by atoms with Gasteiger partial charge in [0.05, 0.1) is 6.42 Å². The lowest BCUT2D eigenvalue weighted by Gasteiger charge is -2.31. The number of likely N-dealkylation sites (tertiary alicyclic amines) is 1. The third-order valence-electron chi connectivity index (χ3n) is 3.17. The van der Waals surface area contributed by atoms with Crippen LogP contribution < -0.4 is 10.9 Å². The maximum Gasteiger partial charge on any atom is 0.242 e. The van der Waals surface area contributed by atoms with E-state index in [2.05, 4.69) is 17.8 Å². The lowest BCUT2D eigenvalue weighted by Crippen LogP contribution is -2.48. The molecule has 0 aromatic rings. The lowest BCUT2D eigenvalue weighted by molar-refractivity contribution is -0.135. The van der Waals surface area contributed by atoms with Gasteiger partial charge in [-0.25, -0.2) is 5.43 Å². The van der Waals surface area contributed by atoms with E-state index in [1.807, 2.05) is 4.90 Å². The molecular formula is C10H17N3O2. The second-order valence-electron chi connectivity index (χ2n) is 4.46. The molecule has 0 aromatic heterocycles. The average Bonchev–Trinajstić information content (AvgIpc) is 2.65. The molecule has 2 saturated heterocycles. The van der Waals surface area contributed by atoms with E-state index in [-0.39, 0.29) is 24.3 Å². The van der Waals surface area contributed by atoms with Crippen molar-refractivity contribution >= 4 is 11.8 Å². The maximum absolute atomic E-state index is 11.9. The number of rotatable bonds is 1. The van der Waals surface area contributed by atoms with Crippen molar-refractivity contribution in [2.75, 3.05) is 13.1 Å².